The Balaban J connectivity index is 3.31. The van der Waals surface area contributed by atoms with Crippen molar-refractivity contribution in [3.8, 4) is 0 Å². The highest BCUT2D eigenvalue weighted by atomic mass is 19.4. The Labute approximate surface area is 97.1 Å². The first-order valence-electron chi connectivity index (χ1n) is 5.02. The molecule has 0 atom stereocenters. The van der Waals surface area contributed by atoms with Crippen molar-refractivity contribution in [2.24, 2.45) is 0 Å². The van der Waals surface area contributed by atoms with Gasteiger partial charge in [-0.25, -0.2) is 0 Å². The standard InChI is InChI=1S/C12H12F3NO/c1-3-8-5-6-10(12(13,14)15)9(7-8)11(17)16-4-2/h3,5-7H,1,4H2,2H3,(H,16,17). The Morgan fingerprint density at radius 2 is 2.12 bits per heavy atom. The molecule has 1 N–H and O–H groups in total. The van der Waals surface area contributed by atoms with Gasteiger partial charge in [0.2, 0.25) is 0 Å². The molecule has 2 nitrogen and oxygen atoms in total. The van der Waals surface area contributed by atoms with Gasteiger partial charge in [0.25, 0.3) is 5.91 Å². The summed E-state index contributed by atoms with van der Waals surface area (Å²) in [6.07, 6.45) is -3.15. The van der Waals surface area contributed by atoms with Crippen LogP contribution in [0.2, 0.25) is 0 Å². The molecule has 0 aromatic heterocycles. The summed E-state index contributed by atoms with van der Waals surface area (Å²) in [5, 5.41) is 2.35. The normalized spacial score (nSPS) is 11.1. The third-order valence-electron chi connectivity index (χ3n) is 2.17. The average Bonchev–Trinajstić information content (AvgIpc) is 2.27. The number of amides is 1. The highest BCUT2D eigenvalue weighted by molar-refractivity contribution is 5.96. The Kier molecular flexibility index (Phi) is 3.93. The number of benzene rings is 1. The van der Waals surface area contributed by atoms with Gasteiger partial charge in [-0.05, 0) is 24.6 Å². The molecular weight excluding hydrogens is 231 g/mol. The van der Waals surface area contributed by atoms with Crippen LogP contribution in [0.4, 0.5) is 13.2 Å². The van der Waals surface area contributed by atoms with Crippen molar-refractivity contribution in [1.82, 2.24) is 5.32 Å². The first-order chi connectivity index (χ1) is 7.90. The maximum atomic E-state index is 12.7. The third-order valence-corrected chi connectivity index (χ3v) is 2.17. The number of carbonyl (C=O) groups excluding carboxylic acids is 1. The lowest BCUT2D eigenvalue weighted by molar-refractivity contribution is -0.137. The summed E-state index contributed by atoms with van der Waals surface area (Å²) in [5.74, 6) is -0.733. The highest BCUT2D eigenvalue weighted by Gasteiger charge is 2.35. The average molecular weight is 243 g/mol. The Morgan fingerprint density at radius 3 is 2.59 bits per heavy atom. The van der Waals surface area contributed by atoms with Crippen molar-refractivity contribution in [3.63, 3.8) is 0 Å². The van der Waals surface area contributed by atoms with E-state index in [1.807, 2.05) is 0 Å². The lowest BCUT2D eigenvalue weighted by atomic mass is 10.0. The molecule has 1 aromatic carbocycles. The number of halogens is 3. The van der Waals surface area contributed by atoms with Crippen LogP contribution in [-0.4, -0.2) is 12.5 Å². The summed E-state index contributed by atoms with van der Waals surface area (Å²) in [4.78, 5) is 11.5. The molecule has 5 heteroatoms. The molecule has 0 spiro atoms. The van der Waals surface area contributed by atoms with Crippen LogP contribution in [0, 0.1) is 0 Å². The molecule has 0 bridgehead atoms. The molecule has 17 heavy (non-hydrogen) atoms. The summed E-state index contributed by atoms with van der Waals surface area (Å²) < 4.78 is 38.0. The Bertz CT molecular complexity index is 438. The van der Waals surface area contributed by atoms with E-state index < -0.39 is 17.6 Å². The SMILES string of the molecule is C=Cc1ccc(C(F)(F)F)c(C(=O)NCC)c1. The quantitative estimate of drug-likeness (QED) is 0.868. The second-order valence-electron chi connectivity index (χ2n) is 3.37. The van der Waals surface area contributed by atoms with E-state index in [0.717, 1.165) is 6.07 Å². The second-order valence-corrected chi connectivity index (χ2v) is 3.37. The first-order valence-corrected chi connectivity index (χ1v) is 5.02. The third kappa shape index (κ3) is 3.09. The van der Waals surface area contributed by atoms with Crippen LogP contribution < -0.4 is 5.32 Å². The molecule has 0 saturated carbocycles. The lowest BCUT2D eigenvalue weighted by Crippen LogP contribution is -2.26. The van der Waals surface area contributed by atoms with Crippen LogP contribution in [0.1, 0.15) is 28.4 Å². The van der Waals surface area contributed by atoms with Gasteiger partial charge in [0.1, 0.15) is 0 Å². The molecule has 0 heterocycles. The minimum atomic E-state index is -4.54. The predicted octanol–water partition coefficient (Wildman–Crippen LogP) is 3.10. The minimum absolute atomic E-state index is 0.272. The van der Waals surface area contributed by atoms with E-state index in [1.165, 1.54) is 18.2 Å². The number of nitrogens with one attached hydrogen (secondary N) is 1. The van der Waals surface area contributed by atoms with Crippen molar-refractivity contribution < 1.29 is 18.0 Å². The molecule has 1 amide bonds. The van der Waals surface area contributed by atoms with E-state index in [-0.39, 0.29) is 12.1 Å². The van der Waals surface area contributed by atoms with E-state index in [1.54, 1.807) is 6.92 Å². The summed E-state index contributed by atoms with van der Waals surface area (Å²) >= 11 is 0. The van der Waals surface area contributed by atoms with Gasteiger partial charge in [0.05, 0.1) is 11.1 Å². The number of rotatable bonds is 3. The fraction of sp³-hybridized carbons (Fsp3) is 0.250. The molecule has 0 aliphatic rings. The molecule has 0 radical (unpaired) electrons. The van der Waals surface area contributed by atoms with Crippen molar-refractivity contribution in [1.29, 1.82) is 0 Å². The van der Waals surface area contributed by atoms with Crippen LogP contribution in [0.5, 0.6) is 0 Å². The zero-order chi connectivity index (χ0) is 13.1. The zero-order valence-electron chi connectivity index (χ0n) is 9.27. The van der Waals surface area contributed by atoms with Gasteiger partial charge in [0.15, 0.2) is 0 Å². The van der Waals surface area contributed by atoms with E-state index in [0.29, 0.717) is 5.56 Å². The fourth-order valence-electron chi connectivity index (χ4n) is 1.38. The van der Waals surface area contributed by atoms with Gasteiger partial charge in [-0.1, -0.05) is 18.7 Å². The second kappa shape index (κ2) is 5.03. The van der Waals surface area contributed by atoms with Crippen LogP contribution >= 0.6 is 0 Å². The smallest absolute Gasteiger partial charge is 0.352 e. The van der Waals surface area contributed by atoms with Crippen LogP contribution in [0.15, 0.2) is 24.8 Å². The number of carbonyl (C=O) groups is 1. The topological polar surface area (TPSA) is 29.1 Å². The van der Waals surface area contributed by atoms with Crippen LogP contribution in [-0.2, 0) is 6.18 Å². The lowest BCUT2D eigenvalue weighted by Gasteiger charge is -2.13. The molecule has 0 unspecified atom stereocenters. The molecule has 1 aromatic rings. The first kappa shape index (κ1) is 13.3. The molecular formula is C12H12F3NO. The zero-order valence-corrected chi connectivity index (χ0v) is 9.27. The molecule has 0 aliphatic heterocycles. The van der Waals surface area contributed by atoms with E-state index in [9.17, 15) is 18.0 Å². The van der Waals surface area contributed by atoms with E-state index >= 15 is 0 Å². The van der Waals surface area contributed by atoms with Crippen molar-refractivity contribution in [2.45, 2.75) is 13.1 Å². The van der Waals surface area contributed by atoms with Gasteiger partial charge in [-0.3, -0.25) is 4.79 Å². The van der Waals surface area contributed by atoms with E-state index in [2.05, 4.69) is 11.9 Å². The fourth-order valence-corrected chi connectivity index (χ4v) is 1.38. The largest absolute Gasteiger partial charge is 0.417 e. The van der Waals surface area contributed by atoms with Crippen LogP contribution in [0.3, 0.4) is 0 Å². The molecule has 92 valence electrons. The number of hydrogen-bond acceptors (Lipinski definition) is 1. The molecule has 1 rings (SSSR count). The maximum absolute atomic E-state index is 12.7. The van der Waals surface area contributed by atoms with Crippen molar-refractivity contribution in [2.75, 3.05) is 6.54 Å². The summed E-state index contributed by atoms with van der Waals surface area (Å²) in [5.41, 5.74) is -0.843. The minimum Gasteiger partial charge on any atom is -0.352 e. The highest BCUT2D eigenvalue weighted by Crippen LogP contribution is 2.32. The molecule has 0 aliphatic carbocycles. The van der Waals surface area contributed by atoms with Crippen molar-refractivity contribution in [3.05, 3.63) is 41.5 Å². The Hall–Kier alpha value is -1.78. The van der Waals surface area contributed by atoms with Gasteiger partial charge in [-0.15, -0.1) is 0 Å². The van der Waals surface area contributed by atoms with Gasteiger partial charge in [-0.2, -0.15) is 13.2 Å². The summed E-state index contributed by atoms with van der Waals surface area (Å²) in [6.45, 7) is 5.37. The van der Waals surface area contributed by atoms with E-state index in [4.69, 9.17) is 0 Å². The summed E-state index contributed by atoms with van der Waals surface area (Å²) in [7, 11) is 0. The summed E-state index contributed by atoms with van der Waals surface area (Å²) in [6, 6.07) is 3.35. The number of hydrogen-bond donors (Lipinski definition) is 1. The van der Waals surface area contributed by atoms with Gasteiger partial charge < -0.3 is 5.32 Å². The van der Waals surface area contributed by atoms with Crippen molar-refractivity contribution >= 4 is 12.0 Å². The monoisotopic (exact) mass is 243 g/mol. The molecule has 0 saturated heterocycles. The predicted molar refractivity (Wildman–Crippen MR) is 59.5 cm³/mol. The molecule has 0 fully saturated rings. The van der Waals surface area contributed by atoms with Crippen LogP contribution in [0.25, 0.3) is 6.08 Å². The Morgan fingerprint density at radius 1 is 1.47 bits per heavy atom. The van der Waals surface area contributed by atoms with Gasteiger partial charge >= 0.3 is 6.18 Å². The number of alkyl halides is 3. The maximum Gasteiger partial charge on any atom is 0.417 e. The van der Waals surface area contributed by atoms with Gasteiger partial charge in [0, 0.05) is 6.54 Å².